The van der Waals surface area contributed by atoms with Crippen LogP contribution in [0.25, 0.3) is 0 Å². The summed E-state index contributed by atoms with van der Waals surface area (Å²) in [5.74, 6) is 0.548. The van der Waals surface area contributed by atoms with Crippen LogP contribution in [0, 0.1) is 0 Å². The van der Waals surface area contributed by atoms with Gasteiger partial charge in [-0.15, -0.1) is 0 Å². The molecule has 0 aliphatic carbocycles. The Morgan fingerprint density at radius 2 is 1.86 bits per heavy atom. The van der Waals surface area contributed by atoms with Crippen molar-refractivity contribution in [2.75, 3.05) is 14.2 Å². The Morgan fingerprint density at radius 1 is 1.29 bits per heavy atom. The van der Waals surface area contributed by atoms with Crippen LogP contribution in [-0.4, -0.2) is 20.1 Å². The lowest BCUT2D eigenvalue weighted by molar-refractivity contribution is -0.114. The molecule has 0 saturated carbocycles. The monoisotopic (exact) mass is 197 g/mol. The van der Waals surface area contributed by atoms with Crippen LogP contribution >= 0.6 is 0 Å². The molecular weight excluding hydrogens is 182 g/mol. The fourth-order valence-corrected chi connectivity index (χ4v) is 0.662. The second kappa shape index (κ2) is 5.85. The third-order valence-electron chi connectivity index (χ3n) is 1.54. The van der Waals surface area contributed by atoms with Crippen LogP contribution in [0.2, 0.25) is 0 Å². The first-order chi connectivity index (χ1) is 6.51. The van der Waals surface area contributed by atoms with Crippen molar-refractivity contribution in [1.29, 1.82) is 0 Å². The molecule has 0 rings (SSSR count). The lowest BCUT2D eigenvalue weighted by Crippen LogP contribution is -2.11. The molecule has 0 aromatic carbocycles. The highest BCUT2D eigenvalue weighted by atomic mass is 16.5. The minimum Gasteiger partial charge on any atom is -0.501 e. The third-order valence-corrected chi connectivity index (χ3v) is 1.54. The van der Waals surface area contributed by atoms with E-state index in [9.17, 15) is 4.79 Å². The number of hydrogen-bond acceptors (Lipinski definition) is 3. The molecular formula is C10H15NO3. The third kappa shape index (κ3) is 4.35. The molecule has 1 amide bonds. The summed E-state index contributed by atoms with van der Waals surface area (Å²) >= 11 is 0. The number of carbonyl (C=O) groups is 1. The standard InChI is InChI=1S/C10H15NO3/c1-7(10(11)12)5-9(14-4)6-8(2)13-3/h5-6H,1H2,2-4H3,(H2,11,12)/b8-6+,9-5+. The first kappa shape index (κ1) is 12.3. The number of primary amides is 1. The van der Waals surface area contributed by atoms with Gasteiger partial charge in [-0.05, 0) is 13.0 Å². The molecule has 0 aliphatic rings. The SMILES string of the molecule is C=C(/C=C(\C=C(/C)OC)OC)C(N)=O. The first-order valence-electron chi connectivity index (χ1n) is 3.98. The van der Waals surface area contributed by atoms with Crippen molar-refractivity contribution < 1.29 is 14.3 Å². The van der Waals surface area contributed by atoms with E-state index in [2.05, 4.69) is 6.58 Å². The van der Waals surface area contributed by atoms with E-state index in [1.54, 1.807) is 20.1 Å². The summed E-state index contributed by atoms with van der Waals surface area (Å²) in [5, 5.41) is 0. The molecule has 0 heterocycles. The van der Waals surface area contributed by atoms with Crippen molar-refractivity contribution in [2.45, 2.75) is 6.92 Å². The van der Waals surface area contributed by atoms with Crippen LogP contribution in [0.5, 0.6) is 0 Å². The van der Waals surface area contributed by atoms with Gasteiger partial charge in [-0.1, -0.05) is 6.58 Å². The molecule has 14 heavy (non-hydrogen) atoms. The number of ether oxygens (including phenoxy) is 2. The number of allylic oxidation sites excluding steroid dienone is 2. The lowest BCUT2D eigenvalue weighted by atomic mass is 10.2. The van der Waals surface area contributed by atoms with Crippen LogP contribution in [-0.2, 0) is 14.3 Å². The Kier molecular flexibility index (Phi) is 5.14. The molecule has 0 unspecified atom stereocenters. The van der Waals surface area contributed by atoms with Gasteiger partial charge in [0, 0.05) is 11.6 Å². The maximum absolute atomic E-state index is 10.7. The van der Waals surface area contributed by atoms with E-state index in [4.69, 9.17) is 15.2 Å². The summed E-state index contributed by atoms with van der Waals surface area (Å²) in [6, 6.07) is 0. The molecule has 0 atom stereocenters. The Balaban J connectivity index is 4.72. The minimum absolute atomic E-state index is 0.182. The summed E-state index contributed by atoms with van der Waals surface area (Å²) < 4.78 is 9.90. The summed E-state index contributed by atoms with van der Waals surface area (Å²) in [4.78, 5) is 10.7. The number of nitrogens with two attached hydrogens (primary N) is 1. The second-order valence-electron chi connectivity index (χ2n) is 2.60. The van der Waals surface area contributed by atoms with Crippen LogP contribution in [0.1, 0.15) is 6.92 Å². The van der Waals surface area contributed by atoms with Crippen molar-refractivity contribution in [3.05, 3.63) is 35.8 Å². The Morgan fingerprint density at radius 3 is 2.21 bits per heavy atom. The summed E-state index contributed by atoms with van der Waals surface area (Å²) in [5.41, 5.74) is 5.19. The van der Waals surface area contributed by atoms with Gasteiger partial charge in [0.25, 0.3) is 0 Å². The Bertz CT molecular complexity index is 290. The predicted molar refractivity (Wildman–Crippen MR) is 54.2 cm³/mol. The fourth-order valence-electron chi connectivity index (χ4n) is 0.662. The largest absolute Gasteiger partial charge is 0.501 e. The quantitative estimate of drug-likeness (QED) is 0.408. The number of carbonyl (C=O) groups excluding carboxylic acids is 1. The maximum Gasteiger partial charge on any atom is 0.248 e. The Labute approximate surface area is 83.7 Å². The molecule has 4 heteroatoms. The van der Waals surface area contributed by atoms with Gasteiger partial charge in [-0.3, -0.25) is 4.79 Å². The van der Waals surface area contributed by atoms with E-state index < -0.39 is 5.91 Å². The molecule has 0 aromatic rings. The molecule has 4 nitrogen and oxygen atoms in total. The zero-order valence-corrected chi connectivity index (χ0v) is 8.66. The van der Waals surface area contributed by atoms with Crippen LogP contribution < -0.4 is 5.73 Å². The second-order valence-corrected chi connectivity index (χ2v) is 2.60. The van der Waals surface area contributed by atoms with Gasteiger partial charge in [0.2, 0.25) is 5.91 Å². The van der Waals surface area contributed by atoms with E-state index in [1.165, 1.54) is 13.2 Å². The van der Waals surface area contributed by atoms with Gasteiger partial charge in [0.15, 0.2) is 0 Å². The van der Waals surface area contributed by atoms with E-state index in [0.717, 1.165) is 0 Å². The van der Waals surface area contributed by atoms with Crippen LogP contribution in [0.15, 0.2) is 35.8 Å². The fraction of sp³-hybridized carbons (Fsp3) is 0.300. The van der Waals surface area contributed by atoms with E-state index in [0.29, 0.717) is 11.5 Å². The normalized spacial score (nSPS) is 12.2. The molecule has 2 N–H and O–H groups in total. The topological polar surface area (TPSA) is 61.6 Å². The average Bonchev–Trinajstić information content (AvgIpc) is 2.16. The summed E-state index contributed by atoms with van der Waals surface area (Å²) in [6.45, 7) is 5.24. The molecule has 0 aliphatic heterocycles. The highest BCUT2D eigenvalue weighted by molar-refractivity contribution is 5.94. The summed E-state index contributed by atoms with van der Waals surface area (Å²) in [7, 11) is 3.03. The van der Waals surface area contributed by atoms with Gasteiger partial charge in [0.1, 0.15) is 5.76 Å². The molecule has 0 fully saturated rings. The van der Waals surface area contributed by atoms with Gasteiger partial charge in [-0.25, -0.2) is 0 Å². The highest BCUT2D eigenvalue weighted by Gasteiger charge is 2.00. The number of methoxy groups -OCH3 is 2. The van der Waals surface area contributed by atoms with Crippen LogP contribution in [0.3, 0.4) is 0 Å². The van der Waals surface area contributed by atoms with Crippen molar-refractivity contribution in [3.8, 4) is 0 Å². The zero-order chi connectivity index (χ0) is 11.1. The highest BCUT2D eigenvalue weighted by Crippen LogP contribution is 2.06. The van der Waals surface area contributed by atoms with Crippen LogP contribution in [0.4, 0.5) is 0 Å². The van der Waals surface area contributed by atoms with Gasteiger partial charge in [0.05, 0.1) is 20.0 Å². The van der Waals surface area contributed by atoms with Gasteiger partial charge >= 0.3 is 0 Å². The number of amides is 1. The van der Waals surface area contributed by atoms with E-state index >= 15 is 0 Å². The smallest absolute Gasteiger partial charge is 0.248 e. The molecule has 78 valence electrons. The van der Waals surface area contributed by atoms with Gasteiger partial charge in [-0.2, -0.15) is 0 Å². The van der Waals surface area contributed by atoms with Crippen molar-refractivity contribution in [3.63, 3.8) is 0 Å². The first-order valence-corrected chi connectivity index (χ1v) is 3.98. The molecule has 0 radical (unpaired) electrons. The molecule has 0 spiro atoms. The summed E-state index contributed by atoms with van der Waals surface area (Å²) in [6.07, 6.45) is 3.08. The van der Waals surface area contributed by atoms with Crippen molar-refractivity contribution in [1.82, 2.24) is 0 Å². The Hall–Kier alpha value is -1.71. The molecule has 0 aromatic heterocycles. The van der Waals surface area contributed by atoms with Crippen molar-refractivity contribution in [2.24, 2.45) is 5.73 Å². The lowest BCUT2D eigenvalue weighted by Gasteiger charge is -2.03. The molecule has 0 bridgehead atoms. The average molecular weight is 197 g/mol. The van der Waals surface area contributed by atoms with E-state index in [-0.39, 0.29) is 5.57 Å². The molecule has 0 saturated heterocycles. The predicted octanol–water partition coefficient (Wildman–Crippen LogP) is 1.11. The minimum atomic E-state index is -0.581. The number of rotatable bonds is 5. The van der Waals surface area contributed by atoms with Crippen molar-refractivity contribution >= 4 is 5.91 Å². The zero-order valence-electron chi connectivity index (χ0n) is 8.66. The number of hydrogen-bond donors (Lipinski definition) is 1. The van der Waals surface area contributed by atoms with Gasteiger partial charge < -0.3 is 15.2 Å². The maximum atomic E-state index is 10.7. The van der Waals surface area contributed by atoms with E-state index in [1.807, 2.05) is 0 Å².